The lowest BCUT2D eigenvalue weighted by atomic mass is 10.7. The minimum Gasteiger partial charge on any atom is -0.229 e. The van der Waals surface area contributed by atoms with Crippen molar-refractivity contribution < 1.29 is 0 Å². The van der Waals surface area contributed by atoms with Gasteiger partial charge >= 0.3 is 0 Å². The molecule has 0 spiro atoms. The smallest absolute Gasteiger partial charge is 0.197 e. The molecule has 11 heavy (non-hydrogen) atoms. The number of hydrogen-bond acceptors (Lipinski definition) is 4. The molecule has 1 rings (SSSR count). The number of aromatic nitrogens is 2. The van der Waals surface area contributed by atoms with E-state index in [4.69, 9.17) is 5.26 Å². The van der Waals surface area contributed by atoms with Crippen molar-refractivity contribution in [3.8, 4) is 5.40 Å². The van der Waals surface area contributed by atoms with Gasteiger partial charge in [0.25, 0.3) is 0 Å². The van der Waals surface area contributed by atoms with Crippen LogP contribution in [0.1, 0.15) is 0 Å². The monoisotopic (exact) mass is 293 g/mol. The molecule has 56 valence electrons. The highest BCUT2D eigenvalue weighted by atomic mass is 79.9. The van der Waals surface area contributed by atoms with Crippen molar-refractivity contribution in [1.82, 2.24) is 9.97 Å². The Hall–Kier alpha value is -0.120. The van der Waals surface area contributed by atoms with E-state index in [9.17, 15) is 0 Å². The molecular weight excluding hydrogens is 294 g/mol. The fourth-order valence-electron chi connectivity index (χ4n) is 0.446. The van der Waals surface area contributed by atoms with Crippen LogP contribution in [0.4, 0.5) is 0 Å². The molecule has 0 aliphatic carbocycles. The van der Waals surface area contributed by atoms with Gasteiger partial charge in [-0.05, 0) is 31.9 Å². The van der Waals surface area contributed by atoms with Crippen LogP contribution in [0.15, 0.2) is 20.4 Å². The molecule has 0 atom stereocenters. The third kappa shape index (κ3) is 2.43. The Balaban J connectivity index is 3.05. The first-order valence-electron chi connectivity index (χ1n) is 2.48. The third-order valence-electron chi connectivity index (χ3n) is 0.825. The van der Waals surface area contributed by atoms with Gasteiger partial charge in [0.15, 0.2) is 4.73 Å². The SMILES string of the molecule is N#CSc1nc(Br)ncc1Br. The van der Waals surface area contributed by atoms with Gasteiger partial charge in [0.1, 0.15) is 10.4 Å². The number of nitrogens with zero attached hydrogens (tertiary/aromatic N) is 3. The molecule has 0 bridgehead atoms. The first-order chi connectivity index (χ1) is 5.24. The van der Waals surface area contributed by atoms with Crippen molar-refractivity contribution in [3.63, 3.8) is 0 Å². The fraction of sp³-hybridized carbons (Fsp3) is 0. The van der Waals surface area contributed by atoms with Gasteiger partial charge in [0, 0.05) is 18.0 Å². The van der Waals surface area contributed by atoms with Crippen LogP contribution >= 0.6 is 43.6 Å². The first kappa shape index (κ1) is 8.97. The largest absolute Gasteiger partial charge is 0.229 e. The summed E-state index contributed by atoms with van der Waals surface area (Å²) in [6, 6.07) is 0. The average Bonchev–Trinajstić information content (AvgIpc) is 1.98. The Kier molecular flexibility index (Phi) is 3.30. The molecule has 0 saturated heterocycles. The lowest BCUT2D eigenvalue weighted by Gasteiger charge is -1.95. The van der Waals surface area contributed by atoms with Crippen LogP contribution in [0.25, 0.3) is 0 Å². The van der Waals surface area contributed by atoms with Crippen molar-refractivity contribution in [1.29, 1.82) is 5.26 Å². The molecule has 0 saturated carbocycles. The predicted octanol–water partition coefficient (Wildman–Crippen LogP) is 2.57. The van der Waals surface area contributed by atoms with Gasteiger partial charge in [-0.1, -0.05) is 0 Å². The molecule has 0 aliphatic heterocycles. The second-order valence-corrected chi connectivity index (χ2v) is 3.82. The molecule has 0 aromatic carbocycles. The summed E-state index contributed by atoms with van der Waals surface area (Å²) in [6.07, 6.45) is 1.59. The first-order valence-corrected chi connectivity index (χ1v) is 4.88. The van der Waals surface area contributed by atoms with E-state index in [0.717, 1.165) is 16.2 Å². The highest BCUT2D eigenvalue weighted by molar-refractivity contribution is 9.10. The molecule has 1 aromatic rings. The van der Waals surface area contributed by atoms with Gasteiger partial charge in [-0.15, -0.1) is 0 Å². The van der Waals surface area contributed by atoms with E-state index in [0.29, 0.717) is 9.76 Å². The van der Waals surface area contributed by atoms with Gasteiger partial charge < -0.3 is 0 Å². The molecule has 3 nitrogen and oxygen atoms in total. The molecule has 1 heterocycles. The number of nitriles is 1. The van der Waals surface area contributed by atoms with Crippen LogP contribution in [0.3, 0.4) is 0 Å². The summed E-state index contributed by atoms with van der Waals surface area (Å²) in [5.41, 5.74) is 0. The summed E-state index contributed by atoms with van der Waals surface area (Å²) in [5, 5.41) is 10.9. The Morgan fingerprint density at radius 2 is 2.27 bits per heavy atom. The van der Waals surface area contributed by atoms with Crippen LogP contribution < -0.4 is 0 Å². The van der Waals surface area contributed by atoms with Crippen LogP contribution in [-0.4, -0.2) is 9.97 Å². The summed E-state index contributed by atoms with van der Waals surface area (Å²) in [4.78, 5) is 7.82. The minimum absolute atomic E-state index is 0.485. The van der Waals surface area contributed by atoms with E-state index in [2.05, 4.69) is 41.8 Å². The van der Waals surface area contributed by atoms with Gasteiger partial charge in [0.2, 0.25) is 0 Å². The number of hydrogen-bond donors (Lipinski definition) is 0. The minimum atomic E-state index is 0.485. The summed E-state index contributed by atoms with van der Waals surface area (Å²) in [6.45, 7) is 0. The second kappa shape index (κ2) is 4.04. The highest BCUT2D eigenvalue weighted by Gasteiger charge is 2.02. The van der Waals surface area contributed by atoms with Gasteiger partial charge in [-0.25, -0.2) is 9.97 Å². The van der Waals surface area contributed by atoms with Crippen molar-refractivity contribution in [2.24, 2.45) is 0 Å². The predicted molar refractivity (Wildman–Crippen MR) is 48.9 cm³/mol. The van der Waals surface area contributed by atoms with Crippen molar-refractivity contribution in [3.05, 3.63) is 15.4 Å². The molecule has 0 amide bonds. The number of thiocyanates is 1. The van der Waals surface area contributed by atoms with Crippen LogP contribution in [0.5, 0.6) is 0 Å². The number of rotatable bonds is 1. The normalized spacial score (nSPS) is 9.18. The van der Waals surface area contributed by atoms with Crippen molar-refractivity contribution in [2.75, 3.05) is 0 Å². The molecule has 0 radical (unpaired) electrons. The maximum Gasteiger partial charge on any atom is 0.197 e. The van der Waals surface area contributed by atoms with Crippen molar-refractivity contribution >= 4 is 43.6 Å². The third-order valence-corrected chi connectivity index (χ3v) is 2.65. The fourth-order valence-corrected chi connectivity index (χ4v) is 1.65. The van der Waals surface area contributed by atoms with Crippen LogP contribution in [0.2, 0.25) is 0 Å². The van der Waals surface area contributed by atoms with Gasteiger partial charge in [-0.2, -0.15) is 5.26 Å². The van der Waals surface area contributed by atoms with E-state index in [-0.39, 0.29) is 0 Å². The molecule has 0 N–H and O–H groups in total. The highest BCUT2D eigenvalue weighted by Crippen LogP contribution is 2.24. The molecular formula is C5HBr2N3S. The van der Waals surface area contributed by atoms with E-state index < -0.39 is 0 Å². The Morgan fingerprint density at radius 1 is 1.55 bits per heavy atom. The Bertz CT molecular complexity index is 309. The van der Waals surface area contributed by atoms with E-state index in [1.807, 2.05) is 5.40 Å². The average molecular weight is 295 g/mol. The summed E-state index contributed by atoms with van der Waals surface area (Å²) in [5.74, 6) is 0. The molecule has 0 fully saturated rings. The van der Waals surface area contributed by atoms with E-state index >= 15 is 0 Å². The van der Waals surface area contributed by atoms with Crippen LogP contribution in [0, 0.1) is 10.7 Å². The zero-order valence-corrected chi connectivity index (χ0v) is 9.07. The summed E-state index contributed by atoms with van der Waals surface area (Å²) in [7, 11) is 0. The standard InChI is InChI=1S/C5HBr2N3S/c6-3-1-9-5(7)10-4(3)11-2-8/h1H. The molecule has 6 heteroatoms. The summed E-state index contributed by atoms with van der Waals surface area (Å²) >= 11 is 7.31. The Labute approximate surface area is 84.5 Å². The van der Waals surface area contributed by atoms with E-state index in [1.54, 1.807) is 6.20 Å². The molecule has 0 unspecified atom stereocenters. The quantitative estimate of drug-likeness (QED) is 0.346. The van der Waals surface area contributed by atoms with Gasteiger partial charge in [-0.3, -0.25) is 0 Å². The second-order valence-electron chi connectivity index (χ2n) is 1.49. The topological polar surface area (TPSA) is 49.6 Å². The maximum atomic E-state index is 8.35. The zero-order chi connectivity index (χ0) is 8.27. The van der Waals surface area contributed by atoms with Crippen LogP contribution in [-0.2, 0) is 0 Å². The zero-order valence-electron chi connectivity index (χ0n) is 5.08. The lowest BCUT2D eigenvalue weighted by Crippen LogP contribution is -1.85. The number of thioether (sulfide) groups is 1. The van der Waals surface area contributed by atoms with E-state index in [1.165, 1.54) is 0 Å². The lowest BCUT2D eigenvalue weighted by molar-refractivity contribution is 0.989. The maximum absolute atomic E-state index is 8.35. The van der Waals surface area contributed by atoms with Gasteiger partial charge in [0.05, 0.1) is 4.47 Å². The summed E-state index contributed by atoms with van der Waals surface area (Å²) < 4.78 is 1.21. The molecule has 0 aliphatic rings. The van der Waals surface area contributed by atoms with Crippen molar-refractivity contribution in [2.45, 2.75) is 5.03 Å². The molecule has 1 aromatic heterocycles. The number of halogens is 2. The Morgan fingerprint density at radius 3 is 2.91 bits per heavy atom.